The maximum Gasteiger partial charge on any atom is 2.00 e. The minimum Gasteiger partial charge on any atom is -0.741 e. The molecule has 12 aromatic rings. The molecule has 0 saturated heterocycles. The first-order chi connectivity index (χ1) is 64.9. The first-order valence-corrected chi connectivity index (χ1v) is 56.5. The Morgan fingerprint density at radius 3 is 0.307 bits per heavy atom. The molecule has 0 aliphatic carbocycles. The number of nitriles is 6. The molecule has 0 saturated carbocycles. The van der Waals surface area contributed by atoms with E-state index in [-0.39, 0.29) is 49.8 Å². The minimum absolute atomic E-state index is 0. The van der Waals surface area contributed by atoms with Gasteiger partial charge in [0.1, 0.15) is 0 Å². The first-order valence-electron chi connectivity index (χ1n) is 40.6. The SMILES string of the molecule is CC#N.CC#N.CC#N.CC#N.CC#N.CC#N.CC(C[PH+](c1ccccc1)c1ccccc1)(C[PH+](c1ccccc1)c1ccccc1)C[PH+](c1ccccc1)c1ccccc1.CC(C[PH+](c1ccccc1)c1ccccc1)(C[PH+](c1ccccc1)c1ccccc1)C[PH+](c1ccccc1)c1ccccc1.O=S(=O)([O-])C(F)(F)F.O=S(=O)([O-])C(F)(F)F.O=S(=O)([O-])C(F)(F)F.O=S(=O)([O-])C(F)(F)F.[Ru+2].[Ru+2]. The van der Waals surface area contributed by atoms with Gasteiger partial charge in [0.2, 0.25) is 0 Å². The van der Waals surface area contributed by atoms with Crippen LogP contribution in [0, 0.1) is 78.8 Å². The molecule has 0 aliphatic heterocycles. The summed E-state index contributed by atoms with van der Waals surface area (Å²) < 4.78 is 236. The second-order valence-electron chi connectivity index (χ2n) is 28.9. The van der Waals surface area contributed by atoms with Crippen molar-refractivity contribution in [2.24, 2.45) is 10.8 Å². The summed E-state index contributed by atoms with van der Waals surface area (Å²) >= 11 is 0. The number of alkyl halides is 12. The number of halogens is 12. The van der Waals surface area contributed by atoms with Gasteiger partial charge in [-0.25, -0.2) is 33.7 Å². The maximum absolute atomic E-state index is 10.7. The third-order valence-corrected chi connectivity index (χ3v) is 40.1. The van der Waals surface area contributed by atoms with Crippen molar-refractivity contribution in [3.63, 3.8) is 0 Å². The van der Waals surface area contributed by atoms with Crippen molar-refractivity contribution in [3.05, 3.63) is 364 Å². The van der Waals surface area contributed by atoms with E-state index in [0.29, 0.717) is 0 Å². The minimum atomic E-state index is -6.09. The zero-order valence-electron chi connectivity index (χ0n) is 76.3. The summed E-state index contributed by atoms with van der Waals surface area (Å²) in [4.78, 5) is 0. The fourth-order valence-corrected chi connectivity index (χ4v) is 32.5. The largest absolute Gasteiger partial charge is 2.00 e. The van der Waals surface area contributed by atoms with Crippen LogP contribution in [0.4, 0.5) is 52.7 Å². The maximum atomic E-state index is 10.7. The molecular formula is C98H102F12N6O12P6Ru2S4+6. The Balaban J connectivity index is 0. The monoisotopic (exact) mass is 2300 g/mol. The van der Waals surface area contributed by atoms with Gasteiger partial charge in [0.05, 0.1) is 195 Å². The predicted octanol–water partition coefficient (Wildman–Crippen LogP) is 18.6. The summed E-state index contributed by atoms with van der Waals surface area (Å²) in [6.07, 6.45) is 7.21. The van der Waals surface area contributed by atoms with E-state index < -0.39 is 110 Å². The summed E-state index contributed by atoms with van der Waals surface area (Å²) in [6.45, 7) is 13.9. The second-order valence-corrected chi connectivity index (χ2v) is 49.2. The zero-order valence-corrected chi connectivity index (χ0v) is 89.1. The molecular weight excluding hydrogens is 2200 g/mol. The second kappa shape index (κ2) is 68.4. The van der Waals surface area contributed by atoms with E-state index in [4.69, 9.17) is 83.5 Å². The van der Waals surface area contributed by atoms with Crippen LogP contribution in [0.1, 0.15) is 55.4 Å². The molecule has 0 amide bonds. The molecule has 0 unspecified atom stereocenters. The fraction of sp³-hybridized carbons (Fsp3) is 0.204. The summed E-state index contributed by atoms with van der Waals surface area (Å²) in [6, 6.07) is 147. The van der Waals surface area contributed by atoms with Crippen molar-refractivity contribution in [2.75, 3.05) is 37.0 Å². The van der Waals surface area contributed by atoms with Gasteiger partial charge in [0.25, 0.3) is 0 Å². The smallest absolute Gasteiger partial charge is 0.741 e. The fourth-order valence-electron chi connectivity index (χ4n) is 12.8. The van der Waals surface area contributed by atoms with E-state index in [1.54, 1.807) is 36.4 Å². The molecule has 744 valence electrons. The normalized spacial score (nSPS) is 10.9. The topological polar surface area (TPSA) is 372 Å². The molecule has 42 heteroatoms. The summed E-state index contributed by atoms with van der Waals surface area (Å²) in [5.41, 5.74) is -22.3. The van der Waals surface area contributed by atoms with Crippen molar-refractivity contribution in [1.82, 2.24) is 0 Å². The average molecular weight is 2300 g/mol. The molecule has 0 heterocycles. The van der Waals surface area contributed by atoms with E-state index in [0.717, 1.165) is 0 Å². The van der Waals surface area contributed by atoms with Gasteiger partial charge in [0, 0.05) is 41.5 Å². The van der Waals surface area contributed by atoms with Crippen LogP contribution in [0.3, 0.4) is 0 Å². The summed E-state index contributed by atoms with van der Waals surface area (Å²) in [5, 5.41) is 62.0. The molecule has 0 N–H and O–H groups in total. The molecule has 0 aromatic heterocycles. The van der Waals surface area contributed by atoms with Crippen LogP contribution in [0.15, 0.2) is 364 Å². The standard InChI is InChI=1S/2C41H39P3.6C2H3N.4CHF3O3S.2Ru/c2*1-41(32-42(35-20-8-2-9-21-35)36-22-10-3-11-23-36,33-43(37-24-12-4-13-25-37)38-26-14-5-15-27-38)34-44(39-28-16-6-17-29-39)40-30-18-7-19-31-40;6*1-2-3;4*2-1(3,4)8(5,6)7;;/h2*2-31H,32-34H2,1H3;6*1H3;4*(H,5,6,7);;/q;;;;;;;;;;;;2*+2/p+2. The molecule has 0 fully saturated rings. The molecule has 0 radical (unpaired) electrons. The van der Waals surface area contributed by atoms with Gasteiger partial charge in [-0.2, -0.15) is 84.3 Å². The third kappa shape index (κ3) is 51.8. The Bertz CT molecular complexity index is 5040. The third-order valence-electron chi connectivity index (χ3n) is 18.2. The Kier molecular flexibility index (Phi) is 64.6. The molecule has 0 bridgehead atoms. The van der Waals surface area contributed by atoms with Gasteiger partial charge >= 0.3 is 61.0 Å². The van der Waals surface area contributed by atoms with Gasteiger partial charge in [0.15, 0.2) is 40.5 Å². The molecule has 12 rings (SSSR count). The number of hydrogen-bond acceptors (Lipinski definition) is 18. The predicted molar refractivity (Wildman–Crippen MR) is 539 cm³/mol. The molecule has 0 aliphatic rings. The van der Waals surface area contributed by atoms with Crippen molar-refractivity contribution in [3.8, 4) is 36.4 Å². The Morgan fingerprint density at radius 1 is 0.200 bits per heavy atom. The number of nitrogens with zero attached hydrogens (tertiary/aromatic N) is 6. The van der Waals surface area contributed by atoms with Gasteiger partial charge in [-0.05, 0) is 159 Å². The Morgan fingerprint density at radius 2 is 0.257 bits per heavy atom. The van der Waals surface area contributed by atoms with E-state index in [9.17, 15) is 52.7 Å². The van der Waals surface area contributed by atoms with Crippen molar-refractivity contribution < 1.29 is 144 Å². The average Bonchev–Trinajstić information content (AvgIpc) is 0.787. The molecule has 140 heavy (non-hydrogen) atoms. The molecule has 12 aromatic carbocycles. The zero-order chi connectivity index (χ0) is 104. The van der Waals surface area contributed by atoms with Crippen LogP contribution < -0.4 is 63.7 Å². The van der Waals surface area contributed by atoms with Crippen LogP contribution >= 0.6 is 47.5 Å². The summed E-state index contributed by atoms with van der Waals surface area (Å²) in [7, 11) is -30.6. The van der Waals surface area contributed by atoms with Gasteiger partial charge in [-0.3, -0.25) is 0 Å². The molecule has 18 nitrogen and oxygen atoms in total. The molecule has 0 spiro atoms. The van der Waals surface area contributed by atoms with Crippen molar-refractivity contribution in [2.45, 2.75) is 77.4 Å². The van der Waals surface area contributed by atoms with Crippen LogP contribution in [0.5, 0.6) is 0 Å². The van der Waals surface area contributed by atoms with E-state index in [2.05, 4.69) is 378 Å². The van der Waals surface area contributed by atoms with Crippen LogP contribution in [-0.2, 0) is 79.4 Å². The number of rotatable bonds is 24. The van der Waals surface area contributed by atoms with E-state index >= 15 is 0 Å². The van der Waals surface area contributed by atoms with Crippen LogP contribution in [0.25, 0.3) is 0 Å². The van der Waals surface area contributed by atoms with Crippen molar-refractivity contribution >= 4 is 152 Å². The molecule has 0 atom stereocenters. The van der Waals surface area contributed by atoms with Gasteiger partial charge in [-0.15, -0.1) is 0 Å². The Labute approximate surface area is 845 Å². The summed E-state index contributed by atoms with van der Waals surface area (Å²) in [5.74, 6) is 0. The first kappa shape index (κ1) is 132. The van der Waals surface area contributed by atoms with Gasteiger partial charge < -0.3 is 18.2 Å². The number of benzene rings is 12. The quantitative estimate of drug-likeness (QED) is 0.0178. The van der Waals surface area contributed by atoms with Gasteiger partial charge in [-0.1, -0.05) is 218 Å². The van der Waals surface area contributed by atoms with Crippen molar-refractivity contribution in [1.29, 1.82) is 31.6 Å². The van der Waals surface area contributed by atoms with Crippen LogP contribution in [0.2, 0.25) is 0 Å². The van der Waals surface area contributed by atoms with E-state index in [1.165, 1.54) is 142 Å². The van der Waals surface area contributed by atoms with E-state index in [1.807, 2.05) is 0 Å². The number of hydrogen-bond donors (Lipinski definition) is 0. The van der Waals surface area contributed by atoms with Crippen LogP contribution in [-0.4, -0.2) is 111 Å². The Hall–Kier alpha value is -9.79.